The molecule has 0 amide bonds. The Labute approximate surface area is 87.1 Å². The third-order valence-corrected chi connectivity index (χ3v) is 3.53. The first kappa shape index (κ1) is 11.7. The van der Waals surface area contributed by atoms with Crippen LogP contribution in [-0.4, -0.2) is 52.8 Å². The Morgan fingerprint density at radius 1 is 1.71 bits per heavy atom. The van der Waals surface area contributed by atoms with Gasteiger partial charge in [0.2, 0.25) is 0 Å². The third-order valence-electron chi connectivity index (χ3n) is 2.58. The molecule has 14 heavy (non-hydrogen) atoms. The lowest BCUT2D eigenvalue weighted by molar-refractivity contribution is -0.153. The standard InChI is InChI=1S/C9H17NO3S/c1-7(6-14(3)12)10-5-4-8(10)9(11)13-2/h7-8H,4-6H2,1-3H3. The molecule has 0 aliphatic carbocycles. The Bertz CT molecular complexity index is 244. The van der Waals surface area contributed by atoms with Gasteiger partial charge >= 0.3 is 5.97 Å². The minimum absolute atomic E-state index is 0.112. The molecule has 0 radical (unpaired) electrons. The molecule has 0 aromatic carbocycles. The number of methoxy groups -OCH3 is 1. The normalized spacial score (nSPS) is 26.4. The zero-order valence-electron chi connectivity index (χ0n) is 8.86. The lowest BCUT2D eigenvalue weighted by Gasteiger charge is -2.42. The average molecular weight is 219 g/mol. The monoisotopic (exact) mass is 219 g/mol. The van der Waals surface area contributed by atoms with Crippen LogP contribution >= 0.6 is 0 Å². The van der Waals surface area contributed by atoms with Crippen molar-refractivity contribution in [1.82, 2.24) is 4.90 Å². The van der Waals surface area contributed by atoms with Crippen molar-refractivity contribution < 1.29 is 13.7 Å². The molecular weight excluding hydrogens is 202 g/mol. The molecule has 1 aliphatic heterocycles. The van der Waals surface area contributed by atoms with E-state index in [0.717, 1.165) is 13.0 Å². The van der Waals surface area contributed by atoms with E-state index in [0.29, 0.717) is 5.75 Å². The Hall–Kier alpha value is -0.420. The van der Waals surface area contributed by atoms with Crippen LogP contribution in [0.5, 0.6) is 0 Å². The van der Waals surface area contributed by atoms with Gasteiger partial charge in [0.1, 0.15) is 6.04 Å². The van der Waals surface area contributed by atoms with E-state index in [9.17, 15) is 9.00 Å². The van der Waals surface area contributed by atoms with Gasteiger partial charge in [0.25, 0.3) is 0 Å². The lowest BCUT2D eigenvalue weighted by atomic mass is 10.0. The second-order valence-electron chi connectivity index (χ2n) is 3.65. The van der Waals surface area contributed by atoms with Crippen LogP contribution in [0.2, 0.25) is 0 Å². The molecule has 82 valence electrons. The van der Waals surface area contributed by atoms with Crippen LogP contribution in [0.25, 0.3) is 0 Å². The quantitative estimate of drug-likeness (QED) is 0.624. The molecule has 0 aromatic rings. The van der Waals surface area contributed by atoms with Gasteiger partial charge in [-0.3, -0.25) is 13.9 Å². The summed E-state index contributed by atoms with van der Waals surface area (Å²) in [5.41, 5.74) is 0. The van der Waals surface area contributed by atoms with E-state index >= 15 is 0 Å². The highest BCUT2D eigenvalue weighted by atomic mass is 32.2. The molecule has 0 bridgehead atoms. The van der Waals surface area contributed by atoms with Crippen LogP contribution < -0.4 is 0 Å². The van der Waals surface area contributed by atoms with Crippen LogP contribution in [0, 0.1) is 0 Å². The number of rotatable bonds is 4. The number of hydrogen-bond acceptors (Lipinski definition) is 4. The minimum atomic E-state index is -0.808. The lowest BCUT2D eigenvalue weighted by Crippen LogP contribution is -2.57. The summed E-state index contributed by atoms with van der Waals surface area (Å²) in [7, 11) is 0.596. The van der Waals surface area contributed by atoms with Gasteiger partial charge in [-0.25, -0.2) is 0 Å². The average Bonchev–Trinajstić information content (AvgIpc) is 2.00. The first-order chi connectivity index (χ1) is 6.56. The zero-order chi connectivity index (χ0) is 10.7. The van der Waals surface area contributed by atoms with Gasteiger partial charge in [-0.05, 0) is 13.3 Å². The van der Waals surface area contributed by atoms with Gasteiger partial charge < -0.3 is 4.74 Å². The summed E-state index contributed by atoms with van der Waals surface area (Å²) < 4.78 is 15.7. The van der Waals surface area contributed by atoms with Gasteiger partial charge in [-0.15, -0.1) is 0 Å². The topological polar surface area (TPSA) is 46.6 Å². The second-order valence-corrected chi connectivity index (χ2v) is 5.13. The van der Waals surface area contributed by atoms with Crippen molar-refractivity contribution in [2.45, 2.75) is 25.4 Å². The summed E-state index contributed by atoms with van der Waals surface area (Å²) in [5.74, 6) is 0.443. The van der Waals surface area contributed by atoms with Crippen LogP contribution in [0.4, 0.5) is 0 Å². The molecule has 0 aromatic heterocycles. The highest BCUT2D eigenvalue weighted by Crippen LogP contribution is 2.21. The molecule has 4 nitrogen and oxygen atoms in total. The largest absolute Gasteiger partial charge is 0.468 e. The Balaban J connectivity index is 2.45. The predicted molar refractivity (Wildman–Crippen MR) is 55.5 cm³/mol. The SMILES string of the molecule is COC(=O)C1CCN1C(C)CS(C)=O. The summed E-state index contributed by atoms with van der Waals surface area (Å²) in [6.45, 7) is 2.90. The number of nitrogens with zero attached hydrogens (tertiary/aromatic N) is 1. The molecule has 0 spiro atoms. The molecule has 1 heterocycles. The van der Waals surface area contributed by atoms with Gasteiger partial charge in [0.15, 0.2) is 0 Å². The van der Waals surface area contributed by atoms with Crippen molar-refractivity contribution >= 4 is 16.8 Å². The third kappa shape index (κ3) is 2.54. The number of likely N-dealkylation sites (tertiary alicyclic amines) is 1. The molecular formula is C9H17NO3S. The van der Waals surface area contributed by atoms with E-state index < -0.39 is 10.8 Å². The molecule has 1 saturated heterocycles. The summed E-state index contributed by atoms with van der Waals surface area (Å²) >= 11 is 0. The van der Waals surface area contributed by atoms with E-state index in [1.54, 1.807) is 6.26 Å². The van der Waals surface area contributed by atoms with Crippen molar-refractivity contribution in [3.63, 3.8) is 0 Å². The maximum Gasteiger partial charge on any atom is 0.323 e. The highest BCUT2D eigenvalue weighted by Gasteiger charge is 2.37. The van der Waals surface area contributed by atoms with Crippen molar-refractivity contribution in [2.24, 2.45) is 0 Å². The smallest absolute Gasteiger partial charge is 0.323 e. The summed E-state index contributed by atoms with van der Waals surface area (Å²) in [4.78, 5) is 13.3. The van der Waals surface area contributed by atoms with Gasteiger partial charge in [-0.1, -0.05) is 0 Å². The Kier molecular flexibility index (Phi) is 4.07. The van der Waals surface area contributed by atoms with Crippen molar-refractivity contribution in [3.05, 3.63) is 0 Å². The maximum atomic E-state index is 11.3. The van der Waals surface area contributed by atoms with Crippen molar-refractivity contribution in [3.8, 4) is 0 Å². The molecule has 3 unspecified atom stereocenters. The summed E-state index contributed by atoms with van der Waals surface area (Å²) in [6, 6.07) is 0.0808. The van der Waals surface area contributed by atoms with E-state index in [2.05, 4.69) is 4.74 Å². The summed E-state index contributed by atoms with van der Waals surface area (Å²) in [6.07, 6.45) is 2.54. The number of ether oxygens (including phenoxy) is 1. The molecule has 3 atom stereocenters. The fourth-order valence-corrected chi connectivity index (χ4v) is 2.63. The van der Waals surface area contributed by atoms with Crippen LogP contribution in [0.3, 0.4) is 0 Å². The predicted octanol–water partition coefficient (Wildman–Crippen LogP) is 0.000700. The first-order valence-corrected chi connectivity index (χ1v) is 6.42. The maximum absolute atomic E-state index is 11.3. The first-order valence-electron chi connectivity index (χ1n) is 4.70. The number of carbonyl (C=O) groups is 1. The molecule has 1 fully saturated rings. The fourth-order valence-electron chi connectivity index (χ4n) is 1.76. The highest BCUT2D eigenvalue weighted by molar-refractivity contribution is 7.84. The molecule has 5 heteroatoms. The van der Waals surface area contributed by atoms with Crippen LogP contribution in [-0.2, 0) is 20.3 Å². The van der Waals surface area contributed by atoms with Crippen molar-refractivity contribution in [1.29, 1.82) is 0 Å². The van der Waals surface area contributed by atoms with Crippen LogP contribution in [0.1, 0.15) is 13.3 Å². The van der Waals surface area contributed by atoms with Gasteiger partial charge in [0, 0.05) is 35.4 Å². The van der Waals surface area contributed by atoms with Crippen LogP contribution in [0.15, 0.2) is 0 Å². The van der Waals surface area contributed by atoms with E-state index in [1.165, 1.54) is 7.11 Å². The molecule has 0 N–H and O–H groups in total. The Morgan fingerprint density at radius 3 is 2.71 bits per heavy atom. The number of hydrogen-bond donors (Lipinski definition) is 0. The number of carbonyl (C=O) groups excluding carboxylic acids is 1. The zero-order valence-corrected chi connectivity index (χ0v) is 9.67. The molecule has 1 rings (SSSR count). The Morgan fingerprint density at radius 2 is 2.36 bits per heavy atom. The second kappa shape index (κ2) is 4.89. The van der Waals surface area contributed by atoms with E-state index in [4.69, 9.17) is 0 Å². The van der Waals surface area contributed by atoms with E-state index in [1.807, 2.05) is 11.8 Å². The fraction of sp³-hybridized carbons (Fsp3) is 0.889. The number of esters is 1. The molecule has 1 aliphatic rings. The van der Waals surface area contributed by atoms with Gasteiger partial charge in [0.05, 0.1) is 7.11 Å². The minimum Gasteiger partial charge on any atom is -0.468 e. The van der Waals surface area contributed by atoms with Gasteiger partial charge in [-0.2, -0.15) is 0 Å². The summed E-state index contributed by atoms with van der Waals surface area (Å²) in [5, 5.41) is 0. The van der Waals surface area contributed by atoms with Crippen molar-refractivity contribution in [2.75, 3.05) is 25.7 Å². The molecule has 0 saturated carbocycles. The van der Waals surface area contributed by atoms with E-state index in [-0.39, 0.29) is 18.1 Å².